The van der Waals surface area contributed by atoms with E-state index < -0.39 is 18.1 Å². The smallest absolute Gasteiger partial charge is 0.393 e. The molecule has 0 radical (unpaired) electrons. The Labute approximate surface area is 95.1 Å². The van der Waals surface area contributed by atoms with Crippen LogP contribution in [0.3, 0.4) is 0 Å². The van der Waals surface area contributed by atoms with Crippen molar-refractivity contribution in [3.05, 3.63) is 17.7 Å². The molecule has 7 heteroatoms. The maximum absolute atomic E-state index is 12.6. The standard InChI is InChI=1S/C10H11F3N2O2/c1-5-2-6(10(11,12)13)3-15-4-7(9(16)17)14-8(5)15/h4-6H,2-3H2,1H3,(H,16,17)/t5-,6+/m1/s1. The van der Waals surface area contributed by atoms with Crippen molar-refractivity contribution in [2.75, 3.05) is 0 Å². The van der Waals surface area contributed by atoms with Gasteiger partial charge in [-0.3, -0.25) is 0 Å². The average molecular weight is 248 g/mol. The van der Waals surface area contributed by atoms with Crippen LogP contribution in [0.15, 0.2) is 6.20 Å². The van der Waals surface area contributed by atoms with Crippen LogP contribution in [0.2, 0.25) is 0 Å². The Morgan fingerprint density at radius 1 is 1.59 bits per heavy atom. The Bertz CT molecular complexity index is 453. The number of hydrogen-bond donors (Lipinski definition) is 1. The lowest BCUT2D eigenvalue weighted by atomic mass is 9.91. The van der Waals surface area contributed by atoms with Crippen molar-refractivity contribution >= 4 is 5.97 Å². The third kappa shape index (κ3) is 2.13. The van der Waals surface area contributed by atoms with Crippen molar-refractivity contribution < 1.29 is 23.1 Å². The largest absolute Gasteiger partial charge is 0.476 e. The highest BCUT2D eigenvalue weighted by atomic mass is 19.4. The Morgan fingerprint density at radius 3 is 2.76 bits per heavy atom. The van der Waals surface area contributed by atoms with Crippen molar-refractivity contribution in [2.45, 2.75) is 32.0 Å². The normalized spacial score (nSPS) is 24.5. The van der Waals surface area contributed by atoms with Crippen LogP contribution in [0.1, 0.15) is 35.6 Å². The summed E-state index contributed by atoms with van der Waals surface area (Å²) in [5.41, 5.74) is -0.199. The molecule has 1 N–H and O–H groups in total. The zero-order valence-electron chi connectivity index (χ0n) is 9.03. The molecule has 0 bridgehead atoms. The van der Waals surface area contributed by atoms with Crippen LogP contribution in [0.25, 0.3) is 0 Å². The first-order valence-electron chi connectivity index (χ1n) is 5.16. The minimum Gasteiger partial charge on any atom is -0.476 e. The first-order chi connectivity index (χ1) is 7.79. The molecular weight excluding hydrogens is 237 g/mol. The van der Waals surface area contributed by atoms with Gasteiger partial charge in [-0.05, 0) is 6.42 Å². The molecule has 1 aromatic heterocycles. The molecule has 0 aromatic carbocycles. The number of halogens is 3. The van der Waals surface area contributed by atoms with Gasteiger partial charge >= 0.3 is 12.1 Å². The van der Waals surface area contributed by atoms with E-state index in [9.17, 15) is 18.0 Å². The lowest BCUT2D eigenvalue weighted by molar-refractivity contribution is -0.183. The Hall–Kier alpha value is -1.53. The molecule has 17 heavy (non-hydrogen) atoms. The van der Waals surface area contributed by atoms with Crippen molar-refractivity contribution in [2.24, 2.45) is 5.92 Å². The fourth-order valence-corrected chi connectivity index (χ4v) is 2.15. The van der Waals surface area contributed by atoms with Gasteiger partial charge in [-0.1, -0.05) is 6.92 Å². The van der Waals surface area contributed by atoms with Crippen LogP contribution in [-0.4, -0.2) is 26.8 Å². The topological polar surface area (TPSA) is 55.1 Å². The number of imidazole rings is 1. The number of hydrogen-bond acceptors (Lipinski definition) is 2. The van der Waals surface area contributed by atoms with Crippen molar-refractivity contribution in [1.29, 1.82) is 0 Å². The zero-order chi connectivity index (χ0) is 12.8. The summed E-state index contributed by atoms with van der Waals surface area (Å²) in [6.45, 7) is 1.38. The zero-order valence-corrected chi connectivity index (χ0v) is 9.03. The predicted molar refractivity (Wildman–Crippen MR) is 51.8 cm³/mol. The molecule has 0 aliphatic carbocycles. The van der Waals surface area contributed by atoms with Gasteiger partial charge in [-0.15, -0.1) is 0 Å². The van der Waals surface area contributed by atoms with Crippen LogP contribution in [0, 0.1) is 5.92 Å². The van der Waals surface area contributed by atoms with Gasteiger partial charge in [0.1, 0.15) is 5.82 Å². The molecule has 0 fully saturated rings. The maximum atomic E-state index is 12.6. The fourth-order valence-electron chi connectivity index (χ4n) is 2.15. The second kappa shape index (κ2) is 3.75. The number of carbonyl (C=O) groups is 1. The van der Waals surface area contributed by atoms with Crippen LogP contribution < -0.4 is 0 Å². The molecule has 0 spiro atoms. The minimum absolute atomic E-state index is 0.0421. The fraction of sp³-hybridized carbons (Fsp3) is 0.600. The summed E-state index contributed by atoms with van der Waals surface area (Å²) in [7, 11) is 0. The van der Waals surface area contributed by atoms with Crippen molar-refractivity contribution in [1.82, 2.24) is 9.55 Å². The molecule has 0 saturated carbocycles. The van der Waals surface area contributed by atoms with Crippen LogP contribution in [0.4, 0.5) is 13.2 Å². The van der Waals surface area contributed by atoms with E-state index in [0.29, 0.717) is 5.82 Å². The number of nitrogens with zero attached hydrogens (tertiary/aromatic N) is 2. The third-order valence-corrected chi connectivity index (χ3v) is 2.99. The van der Waals surface area contributed by atoms with Gasteiger partial charge in [-0.25, -0.2) is 9.78 Å². The summed E-state index contributed by atoms with van der Waals surface area (Å²) >= 11 is 0. The quantitative estimate of drug-likeness (QED) is 0.829. The lowest BCUT2D eigenvalue weighted by Gasteiger charge is -2.29. The van der Waals surface area contributed by atoms with Crippen LogP contribution >= 0.6 is 0 Å². The number of carboxylic acid groups (broad SMARTS) is 1. The molecule has 2 atom stereocenters. The van der Waals surface area contributed by atoms with Gasteiger partial charge in [-0.2, -0.15) is 13.2 Å². The maximum Gasteiger partial charge on any atom is 0.393 e. The van der Waals surface area contributed by atoms with Gasteiger partial charge in [0.25, 0.3) is 0 Å². The number of carboxylic acids is 1. The second-order valence-corrected chi connectivity index (χ2v) is 4.32. The Kier molecular flexibility index (Phi) is 2.63. The average Bonchev–Trinajstić information content (AvgIpc) is 2.60. The molecule has 2 rings (SSSR count). The molecule has 0 amide bonds. The monoisotopic (exact) mass is 248 g/mol. The van der Waals surface area contributed by atoms with Gasteiger partial charge in [0, 0.05) is 18.7 Å². The summed E-state index contributed by atoms with van der Waals surface area (Å²) in [5, 5.41) is 8.75. The number of aromatic carboxylic acids is 1. The SMILES string of the molecule is C[C@@H]1C[C@H](C(F)(F)F)Cn2cc(C(=O)O)nc21. The van der Waals surface area contributed by atoms with E-state index in [2.05, 4.69) is 4.98 Å². The molecule has 0 unspecified atom stereocenters. The van der Waals surface area contributed by atoms with E-state index in [1.807, 2.05) is 0 Å². The van der Waals surface area contributed by atoms with E-state index in [0.717, 1.165) is 0 Å². The lowest BCUT2D eigenvalue weighted by Crippen LogP contribution is -2.33. The molecule has 0 saturated heterocycles. The Balaban J connectivity index is 2.33. The van der Waals surface area contributed by atoms with Crippen molar-refractivity contribution in [3.63, 3.8) is 0 Å². The van der Waals surface area contributed by atoms with Crippen molar-refractivity contribution in [3.8, 4) is 0 Å². The summed E-state index contributed by atoms with van der Waals surface area (Å²) in [6.07, 6.45) is -3.12. The van der Waals surface area contributed by atoms with E-state index in [4.69, 9.17) is 5.11 Å². The molecule has 2 heterocycles. The number of aromatic nitrogens is 2. The van der Waals surface area contributed by atoms with Gasteiger partial charge in [0.15, 0.2) is 5.69 Å². The van der Waals surface area contributed by atoms with Crippen LogP contribution in [-0.2, 0) is 6.54 Å². The summed E-state index contributed by atoms with van der Waals surface area (Å²) in [5.74, 6) is -2.62. The third-order valence-electron chi connectivity index (χ3n) is 2.99. The predicted octanol–water partition coefficient (Wildman–Crippen LogP) is 2.27. The van der Waals surface area contributed by atoms with E-state index in [-0.39, 0.29) is 24.6 Å². The highest BCUT2D eigenvalue weighted by molar-refractivity contribution is 5.85. The van der Waals surface area contributed by atoms with Gasteiger partial charge in [0.2, 0.25) is 0 Å². The van der Waals surface area contributed by atoms with Gasteiger partial charge < -0.3 is 9.67 Å². The molecule has 4 nitrogen and oxygen atoms in total. The molecule has 1 aliphatic heterocycles. The summed E-state index contributed by atoms with van der Waals surface area (Å²) < 4.78 is 39.2. The van der Waals surface area contributed by atoms with E-state index >= 15 is 0 Å². The Morgan fingerprint density at radius 2 is 2.24 bits per heavy atom. The van der Waals surface area contributed by atoms with E-state index in [1.165, 1.54) is 10.8 Å². The van der Waals surface area contributed by atoms with E-state index in [1.54, 1.807) is 6.92 Å². The highest BCUT2D eigenvalue weighted by Gasteiger charge is 2.43. The number of fused-ring (bicyclic) bond motifs is 1. The van der Waals surface area contributed by atoms with Gasteiger partial charge in [0.05, 0.1) is 5.92 Å². The first kappa shape index (κ1) is 11.9. The number of alkyl halides is 3. The number of rotatable bonds is 1. The molecule has 94 valence electrons. The first-order valence-corrected chi connectivity index (χ1v) is 5.16. The highest BCUT2D eigenvalue weighted by Crippen LogP contribution is 2.39. The minimum atomic E-state index is -4.25. The molecule has 1 aromatic rings. The molecular formula is C10H11F3N2O2. The molecule has 1 aliphatic rings. The summed E-state index contributed by atoms with van der Waals surface area (Å²) in [4.78, 5) is 14.5. The summed E-state index contributed by atoms with van der Waals surface area (Å²) in [6, 6.07) is 0. The second-order valence-electron chi connectivity index (χ2n) is 4.32. The van der Waals surface area contributed by atoms with Crippen LogP contribution in [0.5, 0.6) is 0 Å².